The lowest BCUT2D eigenvalue weighted by molar-refractivity contribution is -0.131. The summed E-state index contributed by atoms with van der Waals surface area (Å²) >= 11 is 0. The molecule has 2 aromatic rings. The van der Waals surface area contributed by atoms with Crippen molar-refractivity contribution in [2.75, 3.05) is 57.4 Å². The van der Waals surface area contributed by atoms with E-state index in [0.29, 0.717) is 57.5 Å². The minimum Gasteiger partial charge on any atom is -0.492 e. The van der Waals surface area contributed by atoms with Crippen LogP contribution in [0.2, 0.25) is 0 Å². The number of piperazine rings is 1. The molecule has 0 atom stereocenters. The molecule has 9 nitrogen and oxygen atoms in total. The van der Waals surface area contributed by atoms with Crippen molar-refractivity contribution in [2.24, 2.45) is 0 Å². The molecule has 1 fully saturated rings. The monoisotopic (exact) mass is 489 g/mol. The maximum Gasteiger partial charge on any atom is 0.240 e. The third-order valence-electron chi connectivity index (χ3n) is 5.80. The second kappa shape index (κ2) is 11.0. The van der Waals surface area contributed by atoms with E-state index in [4.69, 9.17) is 14.2 Å². The van der Waals surface area contributed by atoms with Crippen LogP contribution in [0.5, 0.6) is 17.2 Å². The number of hydrogen-bond acceptors (Lipinski definition) is 7. The molecule has 2 heterocycles. The zero-order chi connectivity index (χ0) is 24.0. The Kier molecular flexibility index (Phi) is 7.79. The number of nitrogens with one attached hydrogen (secondary N) is 1. The Labute approximate surface area is 200 Å². The molecule has 2 aliphatic heterocycles. The Morgan fingerprint density at radius 2 is 1.76 bits per heavy atom. The van der Waals surface area contributed by atoms with Gasteiger partial charge in [0.05, 0.1) is 30.4 Å². The third-order valence-corrected chi connectivity index (χ3v) is 7.26. The molecule has 0 saturated carbocycles. The van der Waals surface area contributed by atoms with Crippen LogP contribution >= 0.6 is 0 Å². The Morgan fingerprint density at radius 3 is 2.53 bits per heavy atom. The first kappa shape index (κ1) is 24.2. The van der Waals surface area contributed by atoms with Crippen molar-refractivity contribution in [1.29, 1.82) is 0 Å². The molecule has 0 radical (unpaired) electrons. The number of para-hydroxylation sites is 2. The molecule has 10 heteroatoms. The molecule has 0 aliphatic carbocycles. The number of nitrogens with zero attached hydrogens (tertiary/aromatic N) is 2. The van der Waals surface area contributed by atoms with Crippen LogP contribution in [0, 0.1) is 0 Å². The number of benzene rings is 2. The number of rotatable bonds is 8. The molecule has 0 bridgehead atoms. The zero-order valence-corrected chi connectivity index (χ0v) is 20.2. The molecule has 4 rings (SSSR count). The van der Waals surface area contributed by atoms with Crippen molar-refractivity contribution < 1.29 is 27.4 Å². The molecule has 0 aromatic heterocycles. The maximum atomic E-state index is 12.7. The summed E-state index contributed by atoms with van der Waals surface area (Å²) in [6.45, 7) is 6.13. The van der Waals surface area contributed by atoms with Gasteiger partial charge >= 0.3 is 0 Å². The fraction of sp³-hybridized carbons (Fsp3) is 0.458. The van der Waals surface area contributed by atoms with Crippen LogP contribution < -0.4 is 23.8 Å². The van der Waals surface area contributed by atoms with E-state index in [9.17, 15) is 13.2 Å². The van der Waals surface area contributed by atoms with Crippen LogP contribution in [-0.4, -0.2) is 71.8 Å². The summed E-state index contributed by atoms with van der Waals surface area (Å²) in [6.07, 6.45) is 0.837. The van der Waals surface area contributed by atoms with Crippen LogP contribution in [0.25, 0.3) is 0 Å². The molecule has 1 amide bonds. The van der Waals surface area contributed by atoms with Crippen LogP contribution in [0.3, 0.4) is 0 Å². The lowest BCUT2D eigenvalue weighted by Gasteiger charge is -2.36. The van der Waals surface area contributed by atoms with Gasteiger partial charge in [0, 0.05) is 51.6 Å². The molecule has 2 aromatic carbocycles. The molecule has 1 saturated heterocycles. The molecule has 0 spiro atoms. The van der Waals surface area contributed by atoms with Gasteiger partial charge in [-0.15, -0.1) is 0 Å². The topological polar surface area (TPSA) is 97.4 Å². The number of sulfonamides is 1. The van der Waals surface area contributed by atoms with Gasteiger partial charge in [0.25, 0.3) is 0 Å². The van der Waals surface area contributed by atoms with Crippen molar-refractivity contribution in [2.45, 2.75) is 24.7 Å². The fourth-order valence-corrected chi connectivity index (χ4v) is 5.08. The van der Waals surface area contributed by atoms with E-state index >= 15 is 0 Å². The van der Waals surface area contributed by atoms with Crippen LogP contribution in [0.1, 0.15) is 19.8 Å². The van der Waals surface area contributed by atoms with E-state index in [2.05, 4.69) is 9.62 Å². The zero-order valence-electron chi connectivity index (χ0n) is 19.4. The van der Waals surface area contributed by atoms with Crippen LogP contribution in [0.4, 0.5) is 5.69 Å². The normalized spacial score (nSPS) is 16.1. The van der Waals surface area contributed by atoms with Crippen molar-refractivity contribution in [3.8, 4) is 17.2 Å². The smallest absolute Gasteiger partial charge is 0.240 e. The van der Waals surface area contributed by atoms with E-state index in [1.807, 2.05) is 31.2 Å². The quantitative estimate of drug-likeness (QED) is 0.608. The number of carbonyl (C=O) groups is 1. The first-order valence-electron chi connectivity index (χ1n) is 11.6. The molecular formula is C24H31N3O6S. The maximum absolute atomic E-state index is 12.7. The summed E-state index contributed by atoms with van der Waals surface area (Å²) in [4.78, 5) is 16.8. The molecule has 34 heavy (non-hydrogen) atoms. The Hall–Kier alpha value is -2.98. The highest BCUT2D eigenvalue weighted by Crippen LogP contribution is 2.32. The summed E-state index contributed by atoms with van der Waals surface area (Å²) in [6, 6.07) is 12.4. The summed E-state index contributed by atoms with van der Waals surface area (Å²) in [5.74, 6) is 1.72. The lowest BCUT2D eigenvalue weighted by atomic mass is 10.2. The second-order valence-electron chi connectivity index (χ2n) is 8.08. The standard InChI is InChI=1S/C24H31N3O6S/c1-2-31-21-7-4-3-6-20(21)26-12-14-27(15-13-26)24(28)10-11-25-34(29,30)19-8-9-22-23(18-19)33-17-5-16-32-22/h3-4,6-9,18,25H,2,5,10-17H2,1H3. The molecule has 1 N–H and O–H groups in total. The molecule has 184 valence electrons. The van der Waals surface area contributed by atoms with E-state index in [0.717, 1.165) is 17.9 Å². The Morgan fingerprint density at radius 1 is 1.03 bits per heavy atom. The predicted octanol–water partition coefficient (Wildman–Crippen LogP) is 2.26. The van der Waals surface area contributed by atoms with Gasteiger partial charge in [0.2, 0.25) is 15.9 Å². The average molecular weight is 490 g/mol. The van der Waals surface area contributed by atoms with Gasteiger partial charge in [0.1, 0.15) is 5.75 Å². The molecule has 0 unspecified atom stereocenters. The highest BCUT2D eigenvalue weighted by Gasteiger charge is 2.24. The van der Waals surface area contributed by atoms with Gasteiger partial charge < -0.3 is 24.0 Å². The second-order valence-corrected chi connectivity index (χ2v) is 9.84. The largest absolute Gasteiger partial charge is 0.492 e. The van der Waals surface area contributed by atoms with E-state index in [1.54, 1.807) is 11.0 Å². The van der Waals surface area contributed by atoms with Crippen molar-refractivity contribution in [3.05, 3.63) is 42.5 Å². The average Bonchev–Trinajstić information content (AvgIpc) is 3.09. The van der Waals surface area contributed by atoms with E-state index in [1.165, 1.54) is 12.1 Å². The Bertz CT molecular complexity index is 1100. The predicted molar refractivity (Wildman–Crippen MR) is 128 cm³/mol. The van der Waals surface area contributed by atoms with Gasteiger partial charge in [-0.3, -0.25) is 4.79 Å². The van der Waals surface area contributed by atoms with E-state index < -0.39 is 10.0 Å². The van der Waals surface area contributed by atoms with Crippen molar-refractivity contribution in [3.63, 3.8) is 0 Å². The number of carbonyl (C=O) groups excluding carboxylic acids is 1. The van der Waals surface area contributed by atoms with Gasteiger partial charge in [-0.25, -0.2) is 13.1 Å². The van der Waals surface area contributed by atoms with Gasteiger partial charge in [-0.05, 0) is 31.2 Å². The summed E-state index contributed by atoms with van der Waals surface area (Å²) in [5.41, 5.74) is 1.03. The number of hydrogen-bond donors (Lipinski definition) is 1. The Balaban J connectivity index is 1.27. The molecule has 2 aliphatic rings. The SMILES string of the molecule is CCOc1ccccc1N1CCN(C(=O)CCNS(=O)(=O)c2ccc3c(c2)OCCCO3)CC1. The minimum atomic E-state index is -3.77. The summed E-state index contributed by atoms with van der Waals surface area (Å²) in [5, 5.41) is 0. The summed E-state index contributed by atoms with van der Waals surface area (Å²) in [7, 11) is -3.77. The summed E-state index contributed by atoms with van der Waals surface area (Å²) < 4.78 is 44.8. The highest BCUT2D eigenvalue weighted by atomic mass is 32.2. The van der Waals surface area contributed by atoms with Gasteiger partial charge in [0.15, 0.2) is 11.5 Å². The van der Waals surface area contributed by atoms with Gasteiger partial charge in [-0.1, -0.05) is 12.1 Å². The third kappa shape index (κ3) is 5.74. The van der Waals surface area contributed by atoms with E-state index in [-0.39, 0.29) is 23.8 Å². The molecular weight excluding hydrogens is 458 g/mol. The number of anilines is 1. The van der Waals surface area contributed by atoms with Crippen LogP contribution in [0.15, 0.2) is 47.4 Å². The highest BCUT2D eigenvalue weighted by molar-refractivity contribution is 7.89. The minimum absolute atomic E-state index is 0.0308. The number of amides is 1. The first-order chi connectivity index (χ1) is 16.5. The van der Waals surface area contributed by atoms with Crippen molar-refractivity contribution in [1.82, 2.24) is 9.62 Å². The van der Waals surface area contributed by atoms with Gasteiger partial charge in [-0.2, -0.15) is 0 Å². The van der Waals surface area contributed by atoms with Crippen LogP contribution in [-0.2, 0) is 14.8 Å². The lowest BCUT2D eigenvalue weighted by Crippen LogP contribution is -2.49. The number of fused-ring (bicyclic) bond motifs is 1. The first-order valence-corrected chi connectivity index (χ1v) is 13.1. The fourth-order valence-electron chi connectivity index (χ4n) is 4.04. The number of ether oxygens (including phenoxy) is 3. The van der Waals surface area contributed by atoms with Crippen molar-refractivity contribution >= 4 is 21.6 Å².